The van der Waals surface area contributed by atoms with Crippen molar-refractivity contribution in [1.82, 2.24) is 30.1 Å². The van der Waals surface area contributed by atoms with Gasteiger partial charge in [0.2, 0.25) is 5.91 Å². The number of aliphatic hydroxyl groups is 1. The molecule has 2 heterocycles. The Morgan fingerprint density at radius 3 is 1.75 bits per heavy atom. The lowest BCUT2D eigenvalue weighted by molar-refractivity contribution is -0.215. The number of alkyl halides is 3. The Morgan fingerprint density at radius 1 is 0.745 bits per heavy atom. The van der Waals surface area contributed by atoms with Crippen LogP contribution >= 0.6 is 0 Å². The van der Waals surface area contributed by atoms with Crippen molar-refractivity contribution in [3.05, 3.63) is 161 Å². The molecule has 2 unspecified atom stereocenters. The summed E-state index contributed by atoms with van der Waals surface area (Å²) in [6.45, 7) is 2.12. The van der Waals surface area contributed by atoms with Crippen LogP contribution in [0.4, 0.5) is 29.6 Å². The summed E-state index contributed by atoms with van der Waals surface area (Å²) in [5.74, 6) is -1.83. The molecule has 4 N–H and O–H groups in total. The molecule has 0 radical (unpaired) electrons. The number of benzene rings is 4. The van der Waals surface area contributed by atoms with Crippen LogP contribution in [0.1, 0.15) is 30.5 Å². The summed E-state index contributed by atoms with van der Waals surface area (Å²) >= 11 is 0. The van der Waals surface area contributed by atoms with E-state index < -0.39 is 53.8 Å². The summed E-state index contributed by atoms with van der Waals surface area (Å²) in [5.41, 5.74) is 0.871. The number of urea groups is 1. The van der Waals surface area contributed by atoms with Crippen molar-refractivity contribution in [2.45, 2.75) is 44.3 Å². The van der Waals surface area contributed by atoms with Gasteiger partial charge in [-0.1, -0.05) is 140 Å². The van der Waals surface area contributed by atoms with Gasteiger partial charge in [-0.2, -0.15) is 17.9 Å². The molecular formula is C40H37F3N8O4. The second-order valence-electron chi connectivity index (χ2n) is 13.0. The number of carbonyl (C=O) groups excluding carboxylic acids is 2. The summed E-state index contributed by atoms with van der Waals surface area (Å²) in [4.78, 5) is 40.9. The number of tetrazole rings is 1. The minimum Gasteiger partial charge on any atom is -0.382 e. The first-order chi connectivity index (χ1) is 26.4. The topological polar surface area (TPSA) is 156 Å². The van der Waals surface area contributed by atoms with Crippen LogP contribution in [0.3, 0.4) is 0 Å². The van der Waals surface area contributed by atoms with Crippen molar-refractivity contribution in [2.24, 2.45) is 5.92 Å². The van der Waals surface area contributed by atoms with Crippen LogP contribution < -0.4 is 21.5 Å². The lowest BCUT2D eigenvalue weighted by atomic mass is 9.77. The maximum Gasteiger partial charge on any atom is 0.416 e. The summed E-state index contributed by atoms with van der Waals surface area (Å²) in [6.07, 6.45) is -7.83. The van der Waals surface area contributed by atoms with Crippen molar-refractivity contribution < 1.29 is 27.9 Å². The standard InChI is InChI=1S/C40H37F3N8O4/c1-26(2)34(35(53)40(41,42)43)45-33(52)25-50-32(27-15-7-3-8-16-27)24-23-31(36(50)54)44-38(55)46-37-47-48-49-51(37)39(28-17-9-4-10-18-28,29-19-11-5-12-20-29)30-21-13-6-14-22-30/h3-24,26,34-35,53H,25H2,1-2H3,(H,45,52)(H2,44,46,47,49,55). The van der Waals surface area contributed by atoms with E-state index in [-0.39, 0.29) is 17.3 Å². The van der Waals surface area contributed by atoms with E-state index in [1.165, 1.54) is 30.7 Å². The molecule has 12 nitrogen and oxygen atoms in total. The number of hydrogen-bond acceptors (Lipinski definition) is 7. The van der Waals surface area contributed by atoms with Crippen LogP contribution in [-0.2, 0) is 16.9 Å². The maximum absolute atomic E-state index is 14.0. The van der Waals surface area contributed by atoms with Gasteiger partial charge in [-0.3, -0.25) is 19.5 Å². The Balaban J connectivity index is 1.35. The van der Waals surface area contributed by atoms with Crippen LogP contribution in [0.2, 0.25) is 0 Å². The highest BCUT2D eigenvalue weighted by Gasteiger charge is 2.45. The highest BCUT2D eigenvalue weighted by Crippen LogP contribution is 2.41. The van der Waals surface area contributed by atoms with Gasteiger partial charge >= 0.3 is 12.2 Å². The number of aromatic nitrogens is 5. The van der Waals surface area contributed by atoms with Crippen LogP contribution in [-0.4, -0.2) is 60.1 Å². The SMILES string of the molecule is CC(C)C(NC(=O)Cn1c(-c2ccccc2)ccc(NC(=O)Nc2nnnn2C(c2ccccc2)(c2ccccc2)c2ccccc2)c1=O)C(O)C(F)(F)F. The third-order valence-corrected chi connectivity index (χ3v) is 9.10. The lowest BCUT2D eigenvalue weighted by Crippen LogP contribution is -2.53. The molecule has 15 heteroatoms. The monoisotopic (exact) mass is 750 g/mol. The number of halogens is 3. The molecule has 6 rings (SSSR count). The highest BCUT2D eigenvalue weighted by atomic mass is 19.4. The fourth-order valence-electron chi connectivity index (χ4n) is 6.53. The molecule has 3 amide bonds. The van der Waals surface area contributed by atoms with Gasteiger partial charge in [-0.05, 0) is 50.7 Å². The number of nitrogens with one attached hydrogen (secondary N) is 3. The van der Waals surface area contributed by atoms with Gasteiger partial charge in [0.1, 0.15) is 17.8 Å². The van der Waals surface area contributed by atoms with Gasteiger partial charge in [0.05, 0.1) is 11.7 Å². The van der Waals surface area contributed by atoms with Gasteiger partial charge in [0.15, 0.2) is 6.10 Å². The molecule has 0 fully saturated rings. The Bertz CT molecular complexity index is 2190. The van der Waals surface area contributed by atoms with Gasteiger partial charge in [0.25, 0.3) is 11.5 Å². The average Bonchev–Trinajstić information content (AvgIpc) is 3.64. The quantitative estimate of drug-likeness (QED) is 0.111. The zero-order chi connectivity index (χ0) is 39.2. The van der Waals surface area contributed by atoms with Crippen molar-refractivity contribution in [1.29, 1.82) is 0 Å². The van der Waals surface area contributed by atoms with Gasteiger partial charge in [-0.15, -0.1) is 0 Å². The van der Waals surface area contributed by atoms with Crippen molar-refractivity contribution in [3.8, 4) is 11.3 Å². The van der Waals surface area contributed by atoms with Gasteiger partial charge in [0, 0.05) is 0 Å². The second-order valence-corrected chi connectivity index (χ2v) is 13.0. The van der Waals surface area contributed by atoms with E-state index in [0.29, 0.717) is 5.56 Å². The van der Waals surface area contributed by atoms with E-state index >= 15 is 0 Å². The number of anilines is 2. The molecule has 0 saturated carbocycles. The summed E-state index contributed by atoms with van der Waals surface area (Å²) in [7, 11) is 0. The molecule has 282 valence electrons. The fraction of sp³-hybridized carbons (Fsp3) is 0.200. The maximum atomic E-state index is 14.0. The number of amides is 3. The molecule has 2 aromatic heterocycles. The third-order valence-electron chi connectivity index (χ3n) is 9.10. The van der Waals surface area contributed by atoms with E-state index in [4.69, 9.17) is 0 Å². The number of carbonyl (C=O) groups is 2. The molecule has 0 bridgehead atoms. The average molecular weight is 751 g/mol. The largest absolute Gasteiger partial charge is 0.416 e. The summed E-state index contributed by atoms with van der Waals surface area (Å²) in [5, 5.41) is 29.8. The molecule has 2 atom stereocenters. The second kappa shape index (κ2) is 16.2. The Morgan fingerprint density at radius 2 is 1.25 bits per heavy atom. The van der Waals surface area contributed by atoms with Crippen LogP contribution in [0.15, 0.2) is 138 Å². The Hall–Kier alpha value is -6.61. The van der Waals surface area contributed by atoms with Gasteiger partial charge in [-0.25, -0.2) is 4.79 Å². The molecule has 0 aliphatic heterocycles. The molecule has 6 aromatic rings. The predicted octanol–water partition coefficient (Wildman–Crippen LogP) is 6.05. The van der Waals surface area contributed by atoms with E-state index in [1.54, 1.807) is 30.3 Å². The number of rotatable bonds is 12. The minimum atomic E-state index is -4.99. The summed E-state index contributed by atoms with van der Waals surface area (Å²) in [6, 6.07) is 37.3. The van der Waals surface area contributed by atoms with E-state index in [2.05, 4.69) is 31.5 Å². The van der Waals surface area contributed by atoms with Crippen molar-refractivity contribution >= 4 is 23.6 Å². The molecule has 0 aliphatic rings. The van der Waals surface area contributed by atoms with Crippen LogP contribution in [0, 0.1) is 5.92 Å². The van der Waals surface area contributed by atoms with E-state index in [1.807, 2.05) is 91.0 Å². The molecule has 55 heavy (non-hydrogen) atoms. The predicted molar refractivity (Wildman–Crippen MR) is 200 cm³/mol. The lowest BCUT2D eigenvalue weighted by Gasteiger charge is -2.36. The first-order valence-corrected chi connectivity index (χ1v) is 17.3. The number of pyridine rings is 1. The molecule has 0 spiro atoms. The molecule has 0 aliphatic carbocycles. The van der Waals surface area contributed by atoms with Crippen LogP contribution in [0.5, 0.6) is 0 Å². The van der Waals surface area contributed by atoms with Crippen LogP contribution in [0.25, 0.3) is 11.3 Å². The molecular weight excluding hydrogens is 713 g/mol. The molecule has 4 aromatic carbocycles. The van der Waals surface area contributed by atoms with Crippen molar-refractivity contribution in [2.75, 3.05) is 10.6 Å². The number of aliphatic hydroxyl groups excluding tert-OH is 1. The first kappa shape index (κ1) is 38.1. The highest BCUT2D eigenvalue weighted by molar-refractivity contribution is 5.98. The Kier molecular flexibility index (Phi) is 11.2. The smallest absolute Gasteiger partial charge is 0.382 e. The zero-order valence-corrected chi connectivity index (χ0v) is 29.7. The van der Waals surface area contributed by atoms with Crippen molar-refractivity contribution in [3.63, 3.8) is 0 Å². The zero-order valence-electron chi connectivity index (χ0n) is 29.7. The van der Waals surface area contributed by atoms with E-state index in [0.717, 1.165) is 21.3 Å². The minimum absolute atomic E-state index is 0.0717. The normalized spacial score (nSPS) is 12.9. The number of nitrogens with zero attached hydrogens (tertiary/aromatic N) is 5. The molecule has 0 saturated heterocycles. The fourth-order valence-corrected chi connectivity index (χ4v) is 6.53. The number of hydrogen-bond donors (Lipinski definition) is 4. The van der Waals surface area contributed by atoms with E-state index in [9.17, 15) is 32.7 Å². The van der Waals surface area contributed by atoms with Gasteiger partial charge < -0.3 is 15.7 Å². The summed E-state index contributed by atoms with van der Waals surface area (Å²) < 4.78 is 42.8. The third kappa shape index (κ3) is 8.01. The first-order valence-electron chi connectivity index (χ1n) is 17.3. The Labute approximate surface area is 313 Å².